The first-order valence-corrected chi connectivity index (χ1v) is 7.58. The molecule has 1 aliphatic rings. The van der Waals surface area contributed by atoms with Crippen molar-refractivity contribution >= 4 is 11.8 Å². The molecule has 0 aliphatic carbocycles. The Kier molecular flexibility index (Phi) is 5.94. The average molecular weight is 310 g/mol. The highest BCUT2D eigenvalue weighted by Gasteiger charge is 2.32. The van der Waals surface area contributed by atoms with Gasteiger partial charge in [0.15, 0.2) is 0 Å². The van der Waals surface area contributed by atoms with Gasteiger partial charge in [0.2, 0.25) is 11.8 Å². The molecule has 0 unspecified atom stereocenters. The summed E-state index contributed by atoms with van der Waals surface area (Å²) in [6.07, 6.45) is 4.47. The molecule has 7 heteroatoms. The molecule has 22 heavy (non-hydrogen) atoms. The summed E-state index contributed by atoms with van der Waals surface area (Å²) in [4.78, 5) is 24.5. The summed E-state index contributed by atoms with van der Waals surface area (Å²) in [6, 6.07) is 3.73. The second kappa shape index (κ2) is 7.93. The van der Waals surface area contributed by atoms with Crippen molar-refractivity contribution in [2.75, 3.05) is 19.6 Å². The summed E-state index contributed by atoms with van der Waals surface area (Å²) in [5, 5.41) is 2.82. The van der Waals surface area contributed by atoms with Crippen molar-refractivity contribution in [3.63, 3.8) is 0 Å². The Morgan fingerprint density at radius 1 is 1.32 bits per heavy atom. The number of hydrogen-bond acceptors (Lipinski definition) is 3. The van der Waals surface area contributed by atoms with Crippen LogP contribution in [0.5, 0.6) is 0 Å². The summed E-state index contributed by atoms with van der Waals surface area (Å²) >= 11 is 0. The van der Waals surface area contributed by atoms with Gasteiger partial charge in [-0.3, -0.25) is 14.5 Å². The number of carbonyl (C=O) groups is 2. The van der Waals surface area contributed by atoms with Crippen LogP contribution in [0.4, 0.5) is 4.39 Å². The van der Waals surface area contributed by atoms with E-state index in [0.717, 1.165) is 13.0 Å². The highest BCUT2D eigenvalue weighted by Crippen LogP contribution is 2.19. The summed E-state index contributed by atoms with van der Waals surface area (Å²) in [5.74, 6) is -0.523. The molecule has 0 bridgehead atoms. The van der Waals surface area contributed by atoms with E-state index in [1.165, 1.54) is 0 Å². The minimum Gasteiger partial charge on any atom is -0.369 e. The quantitative estimate of drug-likeness (QED) is 0.724. The fourth-order valence-corrected chi connectivity index (χ4v) is 2.79. The average Bonchev–Trinajstić information content (AvgIpc) is 3.06. The summed E-state index contributed by atoms with van der Waals surface area (Å²) < 4.78 is 15.5. The number of nitrogens with zero attached hydrogens (tertiary/aromatic N) is 2. The zero-order valence-corrected chi connectivity index (χ0v) is 12.6. The number of nitrogens with one attached hydrogen (secondary N) is 1. The molecule has 1 aromatic rings. The van der Waals surface area contributed by atoms with Crippen molar-refractivity contribution in [2.24, 2.45) is 5.73 Å². The van der Waals surface area contributed by atoms with Crippen LogP contribution >= 0.6 is 0 Å². The molecule has 0 spiro atoms. The number of primary amides is 1. The van der Waals surface area contributed by atoms with Crippen LogP contribution in [-0.4, -0.2) is 53.1 Å². The zero-order chi connectivity index (χ0) is 15.9. The van der Waals surface area contributed by atoms with Gasteiger partial charge in [0, 0.05) is 44.5 Å². The van der Waals surface area contributed by atoms with Crippen LogP contribution < -0.4 is 11.1 Å². The van der Waals surface area contributed by atoms with Crippen molar-refractivity contribution in [2.45, 2.75) is 38.0 Å². The Labute approximate surface area is 129 Å². The lowest BCUT2D eigenvalue weighted by atomic mass is 10.2. The van der Waals surface area contributed by atoms with Crippen molar-refractivity contribution in [3.05, 3.63) is 24.5 Å². The van der Waals surface area contributed by atoms with Gasteiger partial charge in [-0.25, -0.2) is 4.39 Å². The maximum absolute atomic E-state index is 13.4. The molecule has 1 aromatic heterocycles. The molecule has 0 aromatic carbocycles. The molecular weight excluding hydrogens is 287 g/mol. The highest BCUT2D eigenvalue weighted by molar-refractivity contribution is 5.76. The molecular formula is C15H23FN4O2. The second-order valence-corrected chi connectivity index (χ2v) is 5.71. The molecule has 122 valence electrons. The molecule has 1 saturated heterocycles. The van der Waals surface area contributed by atoms with Crippen molar-refractivity contribution in [1.29, 1.82) is 0 Å². The number of likely N-dealkylation sites (tertiary alicyclic amines) is 1. The largest absolute Gasteiger partial charge is 0.369 e. The van der Waals surface area contributed by atoms with Crippen LogP contribution in [0.2, 0.25) is 0 Å². The molecule has 3 N–H and O–H groups in total. The number of amides is 2. The molecule has 2 rings (SSSR count). The summed E-state index contributed by atoms with van der Waals surface area (Å²) in [6.45, 7) is 1.39. The van der Waals surface area contributed by atoms with Crippen LogP contribution in [0, 0.1) is 0 Å². The molecule has 2 atom stereocenters. The van der Waals surface area contributed by atoms with Crippen molar-refractivity contribution in [1.82, 2.24) is 14.8 Å². The van der Waals surface area contributed by atoms with E-state index in [-0.39, 0.29) is 25.0 Å². The third-order valence-electron chi connectivity index (χ3n) is 3.86. The number of carbonyl (C=O) groups excluding carboxylic acids is 2. The van der Waals surface area contributed by atoms with E-state index in [4.69, 9.17) is 5.73 Å². The number of hydrogen-bond donors (Lipinski definition) is 2. The summed E-state index contributed by atoms with van der Waals surface area (Å²) in [5.41, 5.74) is 5.16. The SMILES string of the molecule is NC(=O)CN1C[C@@H](F)C[C@H]1CNC(=O)CCCn1cccc1. The van der Waals surface area contributed by atoms with Gasteiger partial charge in [0.1, 0.15) is 6.17 Å². The van der Waals surface area contributed by atoms with E-state index in [1.807, 2.05) is 29.1 Å². The fraction of sp³-hybridized carbons (Fsp3) is 0.600. The van der Waals surface area contributed by atoms with Crippen molar-refractivity contribution in [3.8, 4) is 0 Å². The number of alkyl halides is 1. The normalized spacial score (nSPS) is 21.9. The van der Waals surface area contributed by atoms with E-state index < -0.39 is 12.1 Å². The molecule has 2 amide bonds. The van der Waals surface area contributed by atoms with Gasteiger partial charge in [0.25, 0.3) is 0 Å². The van der Waals surface area contributed by atoms with E-state index in [2.05, 4.69) is 5.32 Å². The zero-order valence-electron chi connectivity index (χ0n) is 12.6. The predicted octanol–water partition coefficient (Wildman–Crippen LogP) is 0.282. The number of nitrogens with two attached hydrogens (primary N) is 1. The van der Waals surface area contributed by atoms with Gasteiger partial charge >= 0.3 is 0 Å². The Morgan fingerprint density at radius 3 is 2.73 bits per heavy atom. The van der Waals surface area contributed by atoms with E-state index in [1.54, 1.807) is 4.90 Å². The van der Waals surface area contributed by atoms with Gasteiger partial charge in [-0.05, 0) is 25.0 Å². The van der Waals surface area contributed by atoms with Gasteiger partial charge < -0.3 is 15.6 Å². The van der Waals surface area contributed by atoms with Gasteiger partial charge in [0.05, 0.1) is 6.54 Å². The smallest absolute Gasteiger partial charge is 0.231 e. The second-order valence-electron chi connectivity index (χ2n) is 5.71. The first-order valence-electron chi connectivity index (χ1n) is 7.58. The molecule has 1 aliphatic heterocycles. The van der Waals surface area contributed by atoms with Crippen LogP contribution in [0.3, 0.4) is 0 Å². The topological polar surface area (TPSA) is 80.4 Å². The molecule has 2 heterocycles. The first-order chi connectivity index (χ1) is 10.5. The van der Waals surface area contributed by atoms with Crippen LogP contribution in [0.25, 0.3) is 0 Å². The highest BCUT2D eigenvalue weighted by atomic mass is 19.1. The maximum atomic E-state index is 13.4. The standard InChI is InChI=1S/C15H23FN4O2/c16-12-8-13(20(10-12)11-14(17)21)9-18-15(22)4-3-7-19-5-1-2-6-19/h1-2,5-6,12-13H,3-4,7-11H2,(H2,17,21)(H,18,22)/t12-,13-/m0/s1. The molecule has 0 radical (unpaired) electrons. The molecule has 6 nitrogen and oxygen atoms in total. The third kappa shape index (κ3) is 5.14. The molecule has 1 fully saturated rings. The van der Waals surface area contributed by atoms with E-state index in [0.29, 0.717) is 19.4 Å². The summed E-state index contributed by atoms with van der Waals surface area (Å²) in [7, 11) is 0. The monoisotopic (exact) mass is 310 g/mol. The number of aryl methyl sites for hydroxylation is 1. The minimum atomic E-state index is -0.963. The number of rotatable bonds is 8. The van der Waals surface area contributed by atoms with Crippen molar-refractivity contribution < 1.29 is 14.0 Å². The van der Waals surface area contributed by atoms with E-state index >= 15 is 0 Å². The van der Waals surface area contributed by atoms with E-state index in [9.17, 15) is 14.0 Å². The van der Waals surface area contributed by atoms with Gasteiger partial charge in [-0.2, -0.15) is 0 Å². The van der Waals surface area contributed by atoms with Crippen LogP contribution in [-0.2, 0) is 16.1 Å². The van der Waals surface area contributed by atoms with Gasteiger partial charge in [-0.1, -0.05) is 0 Å². The lowest BCUT2D eigenvalue weighted by Gasteiger charge is -2.22. The minimum absolute atomic E-state index is 0.0363. The Balaban J connectivity index is 1.67. The molecule has 0 saturated carbocycles. The first kappa shape index (κ1) is 16.5. The lowest BCUT2D eigenvalue weighted by Crippen LogP contribution is -2.43. The predicted molar refractivity (Wildman–Crippen MR) is 80.7 cm³/mol. The van der Waals surface area contributed by atoms with Gasteiger partial charge in [-0.15, -0.1) is 0 Å². The van der Waals surface area contributed by atoms with Crippen LogP contribution in [0.1, 0.15) is 19.3 Å². The number of halogens is 1. The van der Waals surface area contributed by atoms with Crippen LogP contribution in [0.15, 0.2) is 24.5 Å². The Bertz CT molecular complexity index is 492. The third-order valence-corrected chi connectivity index (χ3v) is 3.86. The number of aromatic nitrogens is 1. The Hall–Kier alpha value is -1.89. The lowest BCUT2D eigenvalue weighted by molar-refractivity contribution is -0.121. The fourth-order valence-electron chi connectivity index (χ4n) is 2.79. The Morgan fingerprint density at radius 2 is 2.05 bits per heavy atom. The maximum Gasteiger partial charge on any atom is 0.231 e.